The highest BCUT2D eigenvalue weighted by atomic mass is 16.5. The van der Waals surface area contributed by atoms with Gasteiger partial charge in [-0.15, -0.1) is 0 Å². The van der Waals surface area contributed by atoms with E-state index in [-0.39, 0.29) is 19.6 Å². The van der Waals surface area contributed by atoms with Crippen molar-refractivity contribution in [3.63, 3.8) is 0 Å². The molecule has 2 amide bonds. The van der Waals surface area contributed by atoms with Crippen molar-refractivity contribution in [2.24, 2.45) is 5.73 Å². The molecule has 0 saturated carbocycles. The lowest BCUT2D eigenvalue weighted by atomic mass is 10.2. The number of amides is 2. The summed E-state index contributed by atoms with van der Waals surface area (Å²) in [5.74, 6) is -1.63. The average Bonchev–Trinajstić information content (AvgIpc) is 2.35. The zero-order chi connectivity index (χ0) is 14.7. The fraction of sp³-hybridized carbons (Fsp3) is 0.583. The fourth-order valence-electron chi connectivity index (χ4n) is 1.17. The van der Waals surface area contributed by atoms with Crippen molar-refractivity contribution in [3.05, 3.63) is 12.2 Å². The van der Waals surface area contributed by atoms with Gasteiger partial charge in [-0.3, -0.25) is 9.59 Å². The molecule has 0 spiro atoms. The summed E-state index contributed by atoms with van der Waals surface area (Å²) in [5.41, 5.74) is 5.14. The predicted molar refractivity (Wildman–Crippen MR) is 68.0 cm³/mol. The van der Waals surface area contributed by atoms with E-state index in [1.54, 1.807) is 13.8 Å². The molecule has 0 heterocycles. The number of ether oxygens (including phenoxy) is 2. The number of carbonyl (C=O) groups is 3. The van der Waals surface area contributed by atoms with Gasteiger partial charge in [0.05, 0.1) is 6.61 Å². The summed E-state index contributed by atoms with van der Waals surface area (Å²) in [6, 6.07) is -0.876. The van der Waals surface area contributed by atoms with Crippen LogP contribution in [0, 0.1) is 0 Å². The fourth-order valence-corrected chi connectivity index (χ4v) is 1.17. The smallest absolute Gasteiger partial charge is 0.330 e. The number of hydrogen-bond acceptors (Lipinski definition) is 5. The molecule has 0 aliphatic rings. The normalized spacial score (nSPS) is 12.1. The van der Waals surface area contributed by atoms with Crippen molar-refractivity contribution < 1.29 is 23.9 Å². The average molecular weight is 272 g/mol. The minimum atomic E-state index is -0.876. The van der Waals surface area contributed by atoms with Crippen LogP contribution in [0.2, 0.25) is 0 Å². The van der Waals surface area contributed by atoms with Crippen LogP contribution >= 0.6 is 0 Å². The van der Waals surface area contributed by atoms with Gasteiger partial charge in [-0.2, -0.15) is 0 Å². The van der Waals surface area contributed by atoms with Crippen LogP contribution in [0.4, 0.5) is 0 Å². The summed E-state index contributed by atoms with van der Waals surface area (Å²) in [5, 5.41) is 2.42. The van der Waals surface area contributed by atoms with Crippen LogP contribution in [-0.4, -0.2) is 43.6 Å². The molecule has 108 valence electrons. The van der Waals surface area contributed by atoms with Gasteiger partial charge in [0, 0.05) is 12.7 Å². The molecule has 0 aromatic heterocycles. The molecule has 19 heavy (non-hydrogen) atoms. The van der Waals surface area contributed by atoms with Crippen molar-refractivity contribution >= 4 is 17.8 Å². The van der Waals surface area contributed by atoms with Gasteiger partial charge >= 0.3 is 5.97 Å². The zero-order valence-electron chi connectivity index (χ0n) is 11.2. The molecule has 3 N–H and O–H groups in total. The van der Waals surface area contributed by atoms with Gasteiger partial charge in [-0.25, -0.2) is 4.79 Å². The second-order valence-corrected chi connectivity index (χ2v) is 3.55. The molecule has 0 aliphatic carbocycles. The number of rotatable bonds is 9. The van der Waals surface area contributed by atoms with E-state index in [2.05, 4.69) is 10.1 Å². The van der Waals surface area contributed by atoms with E-state index >= 15 is 0 Å². The molecule has 0 rings (SSSR count). The first-order chi connectivity index (χ1) is 9.01. The highest BCUT2D eigenvalue weighted by molar-refractivity contribution is 5.87. The van der Waals surface area contributed by atoms with Crippen molar-refractivity contribution in [3.8, 4) is 0 Å². The lowest BCUT2D eigenvalue weighted by Gasteiger charge is -2.13. The molecule has 0 fully saturated rings. The van der Waals surface area contributed by atoms with Gasteiger partial charge in [0.25, 0.3) is 0 Å². The van der Waals surface area contributed by atoms with E-state index in [4.69, 9.17) is 10.5 Å². The van der Waals surface area contributed by atoms with E-state index in [1.165, 1.54) is 12.2 Å². The van der Waals surface area contributed by atoms with Gasteiger partial charge < -0.3 is 20.5 Å². The van der Waals surface area contributed by atoms with E-state index in [0.29, 0.717) is 6.61 Å². The van der Waals surface area contributed by atoms with Gasteiger partial charge in [-0.05, 0) is 20.3 Å². The van der Waals surface area contributed by atoms with Crippen LogP contribution < -0.4 is 11.1 Å². The molecule has 1 atom stereocenters. The summed E-state index contributed by atoms with van der Waals surface area (Å²) in [7, 11) is 0. The quantitative estimate of drug-likeness (QED) is 0.434. The highest BCUT2D eigenvalue weighted by Crippen LogP contribution is 1.95. The first-order valence-electron chi connectivity index (χ1n) is 6.00. The Kier molecular flexibility index (Phi) is 9.07. The van der Waals surface area contributed by atoms with E-state index < -0.39 is 23.8 Å². The van der Waals surface area contributed by atoms with Gasteiger partial charge in [0.1, 0.15) is 12.6 Å². The molecule has 7 heteroatoms. The predicted octanol–water partition coefficient (Wildman–Crippen LogP) is -0.498. The third kappa shape index (κ3) is 8.78. The molecular weight excluding hydrogens is 252 g/mol. The zero-order valence-corrected chi connectivity index (χ0v) is 11.2. The summed E-state index contributed by atoms with van der Waals surface area (Å²) >= 11 is 0. The Bertz CT molecular complexity index is 341. The molecular formula is C12H20N2O5. The number of esters is 1. The largest absolute Gasteiger partial charge is 0.463 e. The minimum Gasteiger partial charge on any atom is -0.463 e. The number of nitrogens with two attached hydrogens (primary N) is 1. The maximum atomic E-state index is 11.4. The monoisotopic (exact) mass is 272 g/mol. The summed E-state index contributed by atoms with van der Waals surface area (Å²) in [6.45, 7) is 3.97. The molecule has 0 aromatic carbocycles. The molecule has 0 bridgehead atoms. The van der Waals surface area contributed by atoms with Crippen LogP contribution in [0.5, 0.6) is 0 Å². The number of nitrogens with one attached hydrogen (secondary N) is 1. The van der Waals surface area contributed by atoms with Gasteiger partial charge in [-0.1, -0.05) is 6.08 Å². The summed E-state index contributed by atoms with van der Waals surface area (Å²) < 4.78 is 9.56. The molecule has 0 radical (unpaired) electrons. The number of carbonyl (C=O) groups excluding carboxylic acids is 3. The van der Waals surface area contributed by atoms with Crippen LogP contribution in [0.3, 0.4) is 0 Å². The standard InChI is InChI=1S/C12H20N2O5/c1-3-18-8-10(15)14-9(12(13)17)6-5-7-11(16)19-4-2/h5,7,9H,3-4,6,8H2,1-2H3,(H2,13,17)(H,14,15)/b7-5+/t9-/m1/s1. The molecule has 0 aliphatic heterocycles. The van der Waals surface area contributed by atoms with Gasteiger partial charge in [0.2, 0.25) is 11.8 Å². The highest BCUT2D eigenvalue weighted by Gasteiger charge is 2.16. The maximum absolute atomic E-state index is 11.4. The number of hydrogen-bond donors (Lipinski definition) is 2. The second kappa shape index (κ2) is 10.1. The van der Waals surface area contributed by atoms with Crippen LogP contribution in [-0.2, 0) is 23.9 Å². The SMILES string of the molecule is CCOCC(=O)N[C@H](C/C=C/C(=O)OCC)C(N)=O. The van der Waals surface area contributed by atoms with Crippen molar-refractivity contribution in [2.45, 2.75) is 26.3 Å². The lowest BCUT2D eigenvalue weighted by molar-refractivity contribution is -0.137. The Balaban J connectivity index is 4.23. The minimum absolute atomic E-state index is 0.117. The Morgan fingerprint density at radius 3 is 2.47 bits per heavy atom. The van der Waals surface area contributed by atoms with E-state index in [9.17, 15) is 14.4 Å². The third-order valence-electron chi connectivity index (χ3n) is 2.03. The van der Waals surface area contributed by atoms with Crippen LogP contribution in [0.15, 0.2) is 12.2 Å². The Morgan fingerprint density at radius 1 is 1.26 bits per heavy atom. The van der Waals surface area contributed by atoms with Gasteiger partial charge in [0.15, 0.2) is 0 Å². The Morgan fingerprint density at radius 2 is 1.95 bits per heavy atom. The Hall–Kier alpha value is -1.89. The summed E-state index contributed by atoms with van der Waals surface area (Å²) in [6.07, 6.45) is 2.73. The van der Waals surface area contributed by atoms with Crippen molar-refractivity contribution in [1.82, 2.24) is 5.32 Å². The maximum Gasteiger partial charge on any atom is 0.330 e. The molecule has 0 unspecified atom stereocenters. The third-order valence-corrected chi connectivity index (χ3v) is 2.03. The molecule has 7 nitrogen and oxygen atoms in total. The van der Waals surface area contributed by atoms with Crippen molar-refractivity contribution in [1.29, 1.82) is 0 Å². The van der Waals surface area contributed by atoms with E-state index in [1.807, 2.05) is 0 Å². The van der Waals surface area contributed by atoms with E-state index in [0.717, 1.165) is 0 Å². The lowest BCUT2D eigenvalue weighted by Crippen LogP contribution is -2.45. The topological polar surface area (TPSA) is 108 Å². The molecule has 0 aromatic rings. The Labute approximate surface area is 112 Å². The first kappa shape index (κ1) is 17.1. The first-order valence-corrected chi connectivity index (χ1v) is 6.00. The van der Waals surface area contributed by atoms with Crippen LogP contribution in [0.25, 0.3) is 0 Å². The number of primary amides is 1. The second-order valence-electron chi connectivity index (χ2n) is 3.55. The van der Waals surface area contributed by atoms with Crippen LogP contribution in [0.1, 0.15) is 20.3 Å². The molecule has 0 saturated heterocycles. The summed E-state index contributed by atoms with van der Waals surface area (Å²) in [4.78, 5) is 33.5. The van der Waals surface area contributed by atoms with Crippen molar-refractivity contribution in [2.75, 3.05) is 19.8 Å².